The van der Waals surface area contributed by atoms with Crippen molar-refractivity contribution in [1.29, 1.82) is 0 Å². The third-order valence-corrected chi connectivity index (χ3v) is 2.65. The number of aliphatic hydroxyl groups is 2. The first-order valence-corrected chi connectivity index (χ1v) is 6.36. The molecule has 19 heavy (non-hydrogen) atoms. The zero-order chi connectivity index (χ0) is 14.3. The summed E-state index contributed by atoms with van der Waals surface area (Å²) < 4.78 is 5.40. The molecule has 0 aliphatic rings. The number of ether oxygens (including phenoxy) is 1. The number of rotatable bonds is 7. The third-order valence-electron chi connectivity index (χ3n) is 2.65. The van der Waals surface area contributed by atoms with Crippen LogP contribution in [-0.4, -0.2) is 28.9 Å². The standard InChI is InChI=1S/C15H20O4/c1-3-5-12-9-11(13(17)10-16)7-8-14(12)19-15(18)6-4-2/h4,6-9,15-16,18H,3,5,10H2,1-2H3. The Morgan fingerprint density at radius 1 is 1.47 bits per heavy atom. The maximum atomic E-state index is 11.5. The van der Waals surface area contributed by atoms with Crippen molar-refractivity contribution in [3.05, 3.63) is 41.5 Å². The van der Waals surface area contributed by atoms with E-state index in [1.54, 1.807) is 31.2 Å². The number of ketones is 1. The Labute approximate surface area is 113 Å². The molecule has 4 heteroatoms. The molecule has 0 aliphatic carbocycles. The van der Waals surface area contributed by atoms with Gasteiger partial charge >= 0.3 is 0 Å². The van der Waals surface area contributed by atoms with Gasteiger partial charge in [-0.05, 0) is 43.2 Å². The van der Waals surface area contributed by atoms with Crippen LogP contribution in [0.3, 0.4) is 0 Å². The summed E-state index contributed by atoms with van der Waals surface area (Å²) in [5.74, 6) is 0.236. The fraction of sp³-hybridized carbons (Fsp3) is 0.400. The molecule has 1 rings (SSSR count). The van der Waals surface area contributed by atoms with E-state index in [0.29, 0.717) is 11.3 Å². The second-order valence-electron chi connectivity index (χ2n) is 4.19. The molecule has 0 heterocycles. The van der Waals surface area contributed by atoms with E-state index in [4.69, 9.17) is 9.84 Å². The smallest absolute Gasteiger partial charge is 0.217 e. The van der Waals surface area contributed by atoms with E-state index in [0.717, 1.165) is 18.4 Å². The van der Waals surface area contributed by atoms with Crippen molar-refractivity contribution in [2.24, 2.45) is 0 Å². The van der Waals surface area contributed by atoms with Crippen molar-refractivity contribution in [2.75, 3.05) is 6.61 Å². The van der Waals surface area contributed by atoms with Crippen LogP contribution in [0.5, 0.6) is 5.75 Å². The van der Waals surface area contributed by atoms with Gasteiger partial charge in [0.15, 0.2) is 5.78 Å². The molecule has 0 aliphatic heterocycles. The van der Waals surface area contributed by atoms with Gasteiger partial charge < -0.3 is 14.9 Å². The summed E-state index contributed by atoms with van der Waals surface area (Å²) >= 11 is 0. The van der Waals surface area contributed by atoms with Crippen LogP contribution in [-0.2, 0) is 6.42 Å². The summed E-state index contributed by atoms with van der Waals surface area (Å²) in [5, 5.41) is 18.5. The Morgan fingerprint density at radius 2 is 2.21 bits per heavy atom. The minimum absolute atomic E-state index is 0.321. The minimum Gasteiger partial charge on any atom is -0.461 e. The highest BCUT2D eigenvalue weighted by atomic mass is 16.6. The van der Waals surface area contributed by atoms with Gasteiger partial charge in [0.2, 0.25) is 6.29 Å². The van der Waals surface area contributed by atoms with Crippen molar-refractivity contribution >= 4 is 5.78 Å². The van der Waals surface area contributed by atoms with Gasteiger partial charge in [0, 0.05) is 5.56 Å². The number of carbonyl (C=O) groups excluding carboxylic acids is 1. The maximum absolute atomic E-state index is 11.5. The highest BCUT2D eigenvalue weighted by Crippen LogP contribution is 2.23. The van der Waals surface area contributed by atoms with Gasteiger partial charge in [0.1, 0.15) is 12.4 Å². The van der Waals surface area contributed by atoms with Gasteiger partial charge in [-0.1, -0.05) is 19.4 Å². The molecular weight excluding hydrogens is 244 g/mol. The topological polar surface area (TPSA) is 66.8 Å². The Bertz CT molecular complexity index is 451. The van der Waals surface area contributed by atoms with E-state index in [9.17, 15) is 9.90 Å². The van der Waals surface area contributed by atoms with Crippen LogP contribution in [0.25, 0.3) is 0 Å². The summed E-state index contributed by atoms with van der Waals surface area (Å²) in [4.78, 5) is 11.5. The van der Waals surface area contributed by atoms with Crippen molar-refractivity contribution < 1.29 is 19.7 Å². The van der Waals surface area contributed by atoms with Gasteiger partial charge in [-0.3, -0.25) is 4.79 Å². The third kappa shape index (κ3) is 4.50. The van der Waals surface area contributed by atoms with Crippen LogP contribution in [0, 0.1) is 0 Å². The predicted octanol–water partition coefficient (Wildman–Crippen LogP) is 2.09. The molecule has 1 aromatic carbocycles. The van der Waals surface area contributed by atoms with Crippen LogP contribution >= 0.6 is 0 Å². The molecule has 0 bridgehead atoms. The molecule has 0 fully saturated rings. The van der Waals surface area contributed by atoms with E-state index >= 15 is 0 Å². The van der Waals surface area contributed by atoms with E-state index in [1.807, 2.05) is 6.92 Å². The normalized spacial score (nSPS) is 12.6. The average molecular weight is 264 g/mol. The van der Waals surface area contributed by atoms with Crippen molar-refractivity contribution in [3.63, 3.8) is 0 Å². The zero-order valence-electron chi connectivity index (χ0n) is 11.3. The molecule has 1 unspecified atom stereocenters. The molecule has 0 saturated heterocycles. The van der Waals surface area contributed by atoms with E-state index in [2.05, 4.69) is 0 Å². The van der Waals surface area contributed by atoms with Gasteiger partial charge in [0.25, 0.3) is 0 Å². The molecule has 104 valence electrons. The first kappa shape index (κ1) is 15.4. The van der Waals surface area contributed by atoms with Crippen molar-refractivity contribution in [2.45, 2.75) is 33.0 Å². The van der Waals surface area contributed by atoms with Crippen LogP contribution < -0.4 is 4.74 Å². The van der Waals surface area contributed by atoms with Crippen LogP contribution in [0.15, 0.2) is 30.4 Å². The first-order valence-electron chi connectivity index (χ1n) is 6.36. The second-order valence-corrected chi connectivity index (χ2v) is 4.19. The number of carbonyl (C=O) groups is 1. The Kier molecular flexibility index (Phi) is 6.25. The summed E-state index contributed by atoms with van der Waals surface area (Å²) in [7, 11) is 0. The fourth-order valence-electron chi connectivity index (χ4n) is 1.76. The molecule has 4 nitrogen and oxygen atoms in total. The first-order chi connectivity index (χ1) is 9.12. The molecule has 0 spiro atoms. The van der Waals surface area contributed by atoms with Crippen molar-refractivity contribution in [3.8, 4) is 5.75 Å². The molecule has 1 atom stereocenters. The highest BCUT2D eigenvalue weighted by Gasteiger charge is 2.11. The van der Waals surface area contributed by atoms with Crippen LogP contribution in [0.2, 0.25) is 0 Å². The molecule has 1 aromatic rings. The largest absolute Gasteiger partial charge is 0.461 e. The average Bonchev–Trinajstić information content (AvgIpc) is 2.40. The number of aliphatic hydroxyl groups excluding tert-OH is 2. The molecular formula is C15H20O4. The molecule has 0 aromatic heterocycles. The lowest BCUT2D eigenvalue weighted by atomic mass is 10.0. The monoisotopic (exact) mass is 264 g/mol. The Morgan fingerprint density at radius 3 is 2.79 bits per heavy atom. The molecule has 0 amide bonds. The lowest BCUT2D eigenvalue weighted by molar-refractivity contribution is 0.0239. The number of hydrogen-bond donors (Lipinski definition) is 2. The van der Waals surface area contributed by atoms with Crippen molar-refractivity contribution in [1.82, 2.24) is 0 Å². The lowest BCUT2D eigenvalue weighted by Crippen LogP contribution is -2.13. The SMILES string of the molecule is CC=CC(O)Oc1ccc(C(=O)CO)cc1CCC. The number of allylic oxidation sites excluding steroid dienone is 1. The number of aryl methyl sites for hydroxylation is 1. The van der Waals surface area contributed by atoms with Crippen LogP contribution in [0.1, 0.15) is 36.2 Å². The second kappa shape index (κ2) is 7.71. The maximum Gasteiger partial charge on any atom is 0.217 e. The zero-order valence-corrected chi connectivity index (χ0v) is 11.3. The van der Waals surface area contributed by atoms with E-state index < -0.39 is 12.9 Å². The van der Waals surface area contributed by atoms with E-state index in [1.165, 1.54) is 6.08 Å². The fourth-order valence-corrected chi connectivity index (χ4v) is 1.76. The Balaban J connectivity index is 3.00. The quantitative estimate of drug-likeness (QED) is 0.449. The highest BCUT2D eigenvalue weighted by molar-refractivity contribution is 5.97. The Hall–Kier alpha value is -1.65. The molecule has 0 radical (unpaired) electrons. The number of Topliss-reactive ketones (excluding diaryl/α,β-unsaturated/α-hetero) is 1. The van der Waals surface area contributed by atoms with Gasteiger partial charge in [0.05, 0.1) is 0 Å². The number of hydrogen-bond acceptors (Lipinski definition) is 4. The van der Waals surface area contributed by atoms with Gasteiger partial charge in [-0.15, -0.1) is 0 Å². The minimum atomic E-state index is -1.00. The van der Waals surface area contributed by atoms with E-state index in [-0.39, 0.29) is 5.78 Å². The summed E-state index contributed by atoms with van der Waals surface area (Å²) in [5.41, 5.74) is 1.31. The lowest BCUT2D eigenvalue weighted by Gasteiger charge is -2.14. The van der Waals surface area contributed by atoms with Crippen LogP contribution in [0.4, 0.5) is 0 Å². The summed E-state index contributed by atoms with van der Waals surface area (Å²) in [6.45, 7) is 3.31. The summed E-state index contributed by atoms with van der Waals surface area (Å²) in [6, 6.07) is 4.95. The molecule has 2 N–H and O–H groups in total. The van der Waals surface area contributed by atoms with Gasteiger partial charge in [-0.25, -0.2) is 0 Å². The predicted molar refractivity (Wildman–Crippen MR) is 73.3 cm³/mol. The molecule has 0 saturated carbocycles. The van der Waals surface area contributed by atoms with Gasteiger partial charge in [-0.2, -0.15) is 0 Å². The summed E-state index contributed by atoms with van der Waals surface area (Å²) in [6.07, 6.45) is 3.87. The number of benzene rings is 1.